The number of hydrogen-bond donors (Lipinski definition) is 5. The minimum atomic E-state index is -3.59. The van der Waals surface area contributed by atoms with Gasteiger partial charge in [-0.3, -0.25) is 24.0 Å². The quantitative estimate of drug-likeness (QED) is 0.0288. The Balaban J connectivity index is 1.03. The molecule has 0 bridgehead atoms. The van der Waals surface area contributed by atoms with Crippen LogP contribution in [0.3, 0.4) is 0 Å². The maximum Gasteiger partial charge on any atom is 0.343 e. The number of esters is 1. The Morgan fingerprint density at radius 1 is 0.973 bits per heavy atom. The number of aromatic nitrogens is 4. The maximum absolute atomic E-state index is 14.1. The molecule has 3 aliphatic rings. The molecule has 3 aliphatic heterocycles. The molecule has 4 atom stereocenters. The molecule has 0 fully saturated rings. The van der Waals surface area contributed by atoms with Gasteiger partial charge < -0.3 is 50.5 Å². The van der Waals surface area contributed by atoms with Gasteiger partial charge in [0.05, 0.1) is 53.0 Å². The van der Waals surface area contributed by atoms with Crippen LogP contribution in [-0.4, -0.2) is 119 Å². The van der Waals surface area contributed by atoms with Crippen molar-refractivity contribution in [2.24, 2.45) is 23.5 Å². The molecule has 1 unspecified atom stereocenters. The van der Waals surface area contributed by atoms with Crippen LogP contribution in [0.1, 0.15) is 101 Å². The smallest absolute Gasteiger partial charge is 0.343 e. The first-order chi connectivity index (χ1) is 35.3. The number of nitrogens with one attached hydrogen (secondary N) is 3. The Kier molecular flexibility index (Phi) is 17.2. The number of carbonyl (C=O) groups excluding carboxylic acids is 5. The number of primary amides is 1. The van der Waals surface area contributed by atoms with Gasteiger partial charge in [-0.05, 0) is 75.4 Å². The van der Waals surface area contributed by atoms with Crippen LogP contribution in [0.2, 0.25) is 0 Å². The van der Waals surface area contributed by atoms with Crippen LogP contribution >= 0.6 is 0 Å². The van der Waals surface area contributed by atoms with Crippen molar-refractivity contribution in [2.45, 2.75) is 103 Å². The number of nitrogens with two attached hydrogens (primary N) is 1. The number of cyclic esters (lactones) is 1. The van der Waals surface area contributed by atoms with Gasteiger partial charge in [0.1, 0.15) is 12.6 Å². The van der Waals surface area contributed by atoms with Crippen LogP contribution in [0.15, 0.2) is 46.6 Å². The Labute approximate surface area is 428 Å². The van der Waals surface area contributed by atoms with Crippen molar-refractivity contribution in [3.63, 3.8) is 0 Å². The lowest BCUT2D eigenvalue weighted by Gasteiger charge is -2.31. The number of fused-ring (bicyclic) bond motifs is 6. The molecule has 6 N–H and O–H groups in total. The monoisotopic (exact) mass is 1040 g/mol. The number of rotatable bonds is 22. The minimum absolute atomic E-state index is 0.00794. The van der Waals surface area contributed by atoms with E-state index in [1.54, 1.807) is 51.1 Å². The molecule has 3 aromatic heterocycles. The minimum Gasteiger partial charge on any atom is -0.458 e. The standard InChI is InChI=1S/C52H63N9O12S/c1-7-52(68)37-22-40-45-35(27-61(40)49(66)36(37)28-71-50(52)67)32(34-21-41-42(73-29-72-41)23-39(34)58-45)17-14-19-54-43(62)26-55-47(64)38(18-12-13-20-60(8-2)9-3)59-48(65)44(30(4)5)33(46(53)63)16-11-10-15-31-24-56-51(57-25-31)74(6,69)70/h14,17,21-25,30,33,38,44,68H,7-9,11-13,16,18-20,26-29H2,1-6H3,(H2,53,63)(H,54,62)(H,55,64)(H,59,65)/b17-14+/t33?,38-,44-,52-/m0/s1. The first kappa shape index (κ1) is 54.6. The Morgan fingerprint density at radius 3 is 2.35 bits per heavy atom. The topological polar surface area (TPSA) is 293 Å². The number of carbonyl (C=O) groups is 5. The molecule has 74 heavy (non-hydrogen) atoms. The second-order valence-corrected chi connectivity index (χ2v) is 20.7. The van der Waals surface area contributed by atoms with E-state index in [1.165, 1.54) is 17.0 Å². The molecule has 0 aliphatic carbocycles. The van der Waals surface area contributed by atoms with Crippen LogP contribution < -0.4 is 36.7 Å². The molecule has 1 aromatic carbocycles. The zero-order valence-corrected chi connectivity index (χ0v) is 43.2. The van der Waals surface area contributed by atoms with Gasteiger partial charge in [-0.2, -0.15) is 0 Å². The number of sulfone groups is 1. The highest BCUT2D eigenvalue weighted by atomic mass is 32.2. The molecule has 7 rings (SSSR count). The number of amides is 4. The van der Waals surface area contributed by atoms with E-state index in [1.807, 2.05) is 0 Å². The molecule has 21 nitrogen and oxygen atoms in total. The number of ether oxygens (including phenoxy) is 3. The summed E-state index contributed by atoms with van der Waals surface area (Å²) in [6, 6.07) is 4.13. The summed E-state index contributed by atoms with van der Waals surface area (Å²) < 4.78 is 41.5. The summed E-state index contributed by atoms with van der Waals surface area (Å²) in [5.41, 5.74) is 6.99. The SMILES string of the molecule is CCN(CC)CCCC[C@H](NC(=O)[C@@H](C(C)C)C(CCC#Cc1cnc(S(C)(=O)=O)nc1)C(N)=O)C(=O)NCC(=O)NC/C=C/c1c2c(nc3cc4c(cc13)OCO4)-c1cc3c(c(=O)n1C2)COC(=O)[C@]3(O)CC. The van der Waals surface area contributed by atoms with Crippen molar-refractivity contribution in [3.8, 4) is 34.7 Å². The Hall–Kier alpha value is -7.22. The highest BCUT2D eigenvalue weighted by molar-refractivity contribution is 7.90. The third-order valence-corrected chi connectivity index (χ3v) is 14.6. The van der Waals surface area contributed by atoms with Gasteiger partial charge in [0.25, 0.3) is 5.56 Å². The van der Waals surface area contributed by atoms with Gasteiger partial charge in [-0.15, -0.1) is 0 Å². The zero-order valence-electron chi connectivity index (χ0n) is 42.4. The molecular formula is C52H63N9O12S. The average molecular weight is 1040 g/mol. The molecular weight excluding hydrogens is 975 g/mol. The fraction of sp³-hybridized carbons (Fsp3) is 0.481. The zero-order chi connectivity index (χ0) is 53.5. The summed E-state index contributed by atoms with van der Waals surface area (Å²) in [6.07, 6.45) is 8.93. The first-order valence-corrected chi connectivity index (χ1v) is 26.7. The number of unbranched alkanes of at least 4 members (excludes halogenated alkanes) is 1. The first-order valence-electron chi connectivity index (χ1n) is 24.8. The highest BCUT2D eigenvalue weighted by Gasteiger charge is 2.46. The van der Waals surface area contributed by atoms with Gasteiger partial charge in [0.15, 0.2) is 17.1 Å². The number of benzene rings is 1. The lowest BCUT2D eigenvalue weighted by Crippen LogP contribution is -2.52. The van der Waals surface area contributed by atoms with Crippen LogP contribution in [0, 0.1) is 29.6 Å². The van der Waals surface area contributed by atoms with Crippen molar-refractivity contribution < 1.29 is 51.7 Å². The summed E-state index contributed by atoms with van der Waals surface area (Å²) in [6.45, 7) is 11.3. The molecule has 22 heteroatoms. The number of nitrogens with zero attached hydrogens (tertiary/aromatic N) is 5. The molecule has 4 amide bonds. The van der Waals surface area contributed by atoms with E-state index in [9.17, 15) is 42.3 Å². The highest BCUT2D eigenvalue weighted by Crippen LogP contribution is 2.43. The second kappa shape index (κ2) is 23.3. The number of pyridine rings is 2. The van der Waals surface area contributed by atoms with Crippen molar-refractivity contribution in [2.75, 3.05) is 45.8 Å². The average Bonchev–Trinajstić information content (AvgIpc) is 4.00. The fourth-order valence-electron chi connectivity index (χ4n) is 9.57. The van der Waals surface area contributed by atoms with Crippen LogP contribution in [0.25, 0.3) is 28.4 Å². The van der Waals surface area contributed by atoms with Crippen molar-refractivity contribution >= 4 is 56.4 Å². The molecule has 0 radical (unpaired) electrons. The van der Waals surface area contributed by atoms with Crippen molar-refractivity contribution in [3.05, 3.63) is 74.8 Å². The summed E-state index contributed by atoms with van der Waals surface area (Å²) in [5.74, 6) is 1.34. The van der Waals surface area contributed by atoms with Crippen molar-refractivity contribution in [1.29, 1.82) is 0 Å². The third kappa shape index (κ3) is 11.9. The molecule has 394 valence electrons. The van der Waals surface area contributed by atoms with Gasteiger partial charge in [0.2, 0.25) is 45.4 Å². The summed E-state index contributed by atoms with van der Waals surface area (Å²) in [4.78, 5) is 95.8. The predicted molar refractivity (Wildman–Crippen MR) is 272 cm³/mol. The predicted octanol–water partition coefficient (Wildman–Crippen LogP) is 2.45. The fourth-order valence-corrected chi connectivity index (χ4v) is 10.1. The van der Waals surface area contributed by atoms with E-state index in [-0.39, 0.29) is 74.4 Å². The number of aliphatic hydroxyl groups is 1. The largest absolute Gasteiger partial charge is 0.458 e. The normalized spacial score (nSPS) is 16.7. The second-order valence-electron chi connectivity index (χ2n) is 18.8. The maximum atomic E-state index is 14.1. The number of hydrogen-bond acceptors (Lipinski definition) is 16. The molecule has 4 aromatic rings. The molecule has 0 saturated heterocycles. The van der Waals surface area contributed by atoms with E-state index in [0.29, 0.717) is 56.9 Å². The summed E-state index contributed by atoms with van der Waals surface area (Å²) >= 11 is 0. The van der Waals surface area contributed by atoms with Gasteiger partial charge in [-0.1, -0.05) is 58.6 Å². The van der Waals surface area contributed by atoms with Crippen molar-refractivity contribution in [1.82, 2.24) is 40.4 Å². The van der Waals surface area contributed by atoms with E-state index < -0.39 is 75.0 Å². The Morgan fingerprint density at radius 2 is 1.69 bits per heavy atom. The van der Waals surface area contributed by atoms with E-state index in [4.69, 9.17) is 24.9 Å². The molecule has 0 spiro atoms. The summed E-state index contributed by atoms with van der Waals surface area (Å²) in [5, 5.41) is 20.1. The van der Waals surface area contributed by atoms with E-state index in [2.05, 4.69) is 56.5 Å². The van der Waals surface area contributed by atoms with Gasteiger partial charge >= 0.3 is 5.97 Å². The van der Waals surface area contributed by atoms with E-state index in [0.717, 1.165) is 32.3 Å². The third-order valence-electron chi connectivity index (χ3n) is 13.7. The lowest BCUT2D eigenvalue weighted by molar-refractivity contribution is -0.172. The van der Waals surface area contributed by atoms with Crippen LogP contribution in [0.5, 0.6) is 11.5 Å². The van der Waals surface area contributed by atoms with Gasteiger partial charge in [-0.25, -0.2) is 28.2 Å². The van der Waals surface area contributed by atoms with Crippen LogP contribution in [0.4, 0.5) is 0 Å². The van der Waals surface area contributed by atoms with Crippen LogP contribution in [-0.2, 0) is 57.3 Å². The van der Waals surface area contributed by atoms with E-state index >= 15 is 0 Å². The Bertz CT molecular complexity index is 3110. The lowest BCUT2D eigenvalue weighted by atomic mass is 9.79. The van der Waals surface area contributed by atoms with Gasteiger partial charge in [0, 0.05) is 54.2 Å². The molecule has 0 saturated carbocycles. The molecule has 6 heterocycles. The summed E-state index contributed by atoms with van der Waals surface area (Å²) in [7, 11) is -3.59.